The summed E-state index contributed by atoms with van der Waals surface area (Å²) in [6.07, 6.45) is 22.4. The molecule has 1 atom stereocenters. The van der Waals surface area contributed by atoms with E-state index in [1.165, 1.54) is 88.4 Å². The van der Waals surface area contributed by atoms with Crippen LogP contribution in [0.2, 0.25) is 0 Å². The molecular weight excluding hydrogens is 362 g/mol. The molecule has 0 aliphatic rings. The minimum atomic E-state index is -0.884. The Morgan fingerprint density at radius 3 is 1.41 bits per heavy atom. The fourth-order valence-corrected chi connectivity index (χ4v) is 3.88. The van der Waals surface area contributed by atoms with E-state index in [1.54, 1.807) is 7.05 Å². The number of carboxylic acid groups (broad SMARTS) is 1. The molecule has 0 saturated carbocycles. The van der Waals surface area contributed by atoms with Crippen molar-refractivity contribution in [3.8, 4) is 0 Å². The Morgan fingerprint density at radius 1 is 0.655 bits per heavy atom. The van der Waals surface area contributed by atoms with Gasteiger partial charge in [-0.2, -0.15) is 0 Å². The summed E-state index contributed by atoms with van der Waals surface area (Å²) in [4.78, 5) is 25.1. The van der Waals surface area contributed by atoms with Gasteiger partial charge in [0.25, 0.3) is 0 Å². The van der Waals surface area contributed by atoms with E-state index in [9.17, 15) is 14.7 Å². The van der Waals surface area contributed by atoms with Crippen LogP contribution in [-0.2, 0) is 9.59 Å². The van der Waals surface area contributed by atoms with Crippen LogP contribution in [-0.4, -0.2) is 35.0 Å². The fraction of sp³-hybridized carbons (Fsp3) is 0.920. The highest BCUT2D eigenvalue weighted by molar-refractivity contribution is 5.83. The third kappa shape index (κ3) is 16.4. The SMILES string of the molecule is CCCCCCCCCCCCCCCCCC(=O)N(C)C(CCCC)C(=O)O. The van der Waals surface area contributed by atoms with Gasteiger partial charge in [-0.1, -0.05) is 117 Å². The summed E-state index contributed by atoms with van der Waals surface area (Å²) in [5.74, 6) is -0.908. The lowest BCUT2D eigenvalue weighted by Gasteiger charge is -2.24. The number of amides is 1. The second-order valence-electron chi connectivity index (χ2n) is 8.70. The molecule has 0 aromatic carbocycles. The van der Waals surface area contributed by atoms with Gasteiger partial charge in [-0.3, -0.25) is 4.79 Å². The van der Waals surface area contributed by atoms with Crippen LogP contribution >= 0.6 is 0 Å². The van der Waals surface area contributed by atoms with Crippen LogP contribution in [0.15, 0.2) is 0 Å². The number of likely N-dealkylation sites (N-methyl/N-ethyl adjacent to an activating group) is 1. The van der Waals surface area contributed by atoms with Gasteiger partial charge in [0.15, 0.2) is 0 Å². The molecule has 0 rings (SSSR count). The van der Waals surface area contributed by atoms with Gasteiger partial charge in [0.05, 0.1) is 0 Å². The Balaban J connectivity index is 3.53. The van der Waals surface area contributed by atoms with Crippen molar-refractivity contribution in [1.29, 1.82) is 0 Å². The molecule has 4 heteroatoms. The Bertz CT molecular complexity index is 398. The number of hydrogen-bond acceptors (Lipinski definition) is 2. The molecule has 29 heavy (non-hydrogen) atoms. The van der Waals surface area contributed by atoms with E-state index >= 15 is 0 Å². The van der Waals surface area contributed by atoms with Crippen molar-refractivity contribution in [2.75, 3.05) is 7.05 Å². The lowest BCUT2D eigenvalue weighted by Crippen LogP contribution is -2.42. The molecule has 4 nitrogen and oxygen atoms in total. The monoisotopic (exact) mass is 411 g/mol. The zero-order valence-corrected chi connectivity index (χ0v) is 19.7. The minimum Gasteiger partial charge on any atom is -0.480 e. The number of carbonyl (C=O) groups is 2. The number of nitrogens with zero attached hydrogens (tertiary/aromatic N) is 1. The first-order valence-corrected chi connectivity index (χ1v) is 12.5. The number of carboxylic acids is 1. The Morgan fingerprint density at radius 2 is 1.03 bits per heavy atom. The summed E-state index contributed by atoms with van der Waals surface area (Å²) < 4.78 is 0. The highest BCUT2D eigenvalue weighted by Gasteiger charge is 2.25. The van der Waals surface area contributed by atoms with Gasteiger partial charge < -0.3 is 10.0 Å². The molecule has 0 bridgehead atoms. The van der Waals surface area contributed by atoms with Gasteiger partial charge in [0.2, 0.25) is 5.91 Å². The molecule has 0 saturated heterocycles. The van der Waals surface area contributed by atoms with Gasteiger partial charge in [-0.15, -0.1) is 0 Å². The van der Waals surface area contributed by atoms with E-state index in [1.807, 2.05) is 6.92 Å². The maximum Gasteiger partial charge on any atom is 0.326 e. The van der Waals surface area contributed by atoms with Crippen LogP contribution < -0.4 is 0 Å². The van der Waals surface area contributed by atoms with Gasteiger partial charge in [-0.25, -0.2) is 4.79 Å². The van der Waals surface area contributed by atoms with Crippen molar-refractivity contribution in [3.05, 3.63) is 0 Å². The van der Waals surface area contributed by atoms with Crippen LogP contribution in [0.3, 0.4) is 0 Å². The van der Waals surface area contributed by atoms with E-state index in [4.69, 9.17) is 0 Å². The van der Waals surface area contributed by atoms with E-state index < -0.39 is 12.0 Å². The summed E-state index contributed by atoms with van der Waals surface area (Å²) >= 11 is 0. The average Bonchev–Trinajstić information content (AvgIpc) is 2.70. The Kier molecular flexibility index (Phi) is 19.5. The fourth-order valence-electron chi connectivity index (χ4n) is 3.88. The number of aliphatic carboxylic acids is 1. The van der Waals surface area contributed by atoms with E-state index in [2.05, 4.69) is 6.92 Å². The van der Waals surface area contributed by atoms with Crippen LogP contribution in [0.4, 0.5) is 0 Å². The van der Waals surface area contributed by atoms with Gasteiger partial charge in [-0.05, 0) is 12.8 Å². The maximum atomic E-state index is 12.2. The predicted molar refractivity (Wildman–Crippen MR) is 123 cm³/mol. The Labute approximate surface area is 180 Å². The average molecular weight is 412 g/mol. The summed E-state index contributed by atoms with van der Waals surface area (Å²) in [5, 5.41) is 9.33. The highest BCUT2D eigenvalue weighted by atomic mass is 16.4. The topological polar surface area (TPSA) is 57.6 Å². The van der Waals surface area contributed by atoms with Crippen molar-refractivity contribution < 1.29 is 14.7 Å². The first-order chi connectivity index (χ1) is 14.0. The Hall–Kier alpha value is -1.06. The molecule has 0 aliphatic carbocycles. The highest BCUT2D eigenvalue weighted by Crippen LogP contribution is 2.15. The normalized spacial score (nSPS) is 12.1. The summed E-state index contributed by atoms with van der Waals surface area (Å²) in [6, 6.07) is -0.668. The van der Waals surface area contributed by atoms with Crippen LogP contribution in [0, 0.1) is 0 Å². The zero-order chi connectivity index (χ0) is 21.7. The van der Waals surface area contributed by atoms with Crippen molar-refractivity contribution in [3.63, 3.8) is 0 Å². The van der Waals surface area contributed by atoms with Crippen LogP contribution in [0.5, 0.6) is 0 Å². The predicted octanol–water partition coefficient (Wildman–Crippen LogP) is 7.35. The number of carbonyl (C=O) groups excluding carboxylic acids is 1. The van der Waals surface area contributed by atoms with Gasteiger partial charge >= 0.3 is 5.97 Å². The molecule has 1 N–H and O–H groups in total. The maximum absolute atomic E-state index is 12.2. The van der Waals surface area contributed by atoms with Crippen molar-refractivity contribution in [2.24, 2.45) is 0 Å². The first-order valence-electron chi connectivity index (χ1n) is 12.5. The quantitative estimate of drug-likeness (QED) is 0.201. The largest absolute Gasteiger partial charge is 0.480 e. The molecule has 0 aromatic rings. The molecule has 1 unspecified atom stereocenters. The standard InChI is InChI=1S/C25H49NO3/c1-4-6-8-9-10-11-12-13-14-15-16-17-18-19-20-22-24(27)26(3)23(25(28)29)21-7-5-2/h23H,4-22H2,1-3H3,(H,28,29). The van der Waals surface area contributed by atoms with Gasteiger partial charge in [0, 0.05) is 13.5 Å². The second kappa shape index (κ2) is 20.2. The molecule has 0 radical (unpaired) electrons. The third-order valence-corrected chi connectivity index (χ3v) is 5.97. The number of rotatable bonds is 21. The summed E-state index contributed by atoms with van der Waals surface area (Å²) in [5.41, 5.74) is 0. The van der Waals surface area contributed by atoms with Crippen molar-refractivity contribution in [1.82, 2.24) is 4.90 Å². The molecule has 0 aromatic heterocycles. The molecule has 0 fully saturated rings. The molecule has 1 amide bonds. The number of hydrogen-bond donors (Lipinski definition) is 1. The zero-order valence-electron chi connectivity index (χ0n) is 19.7. The van der Waals surface area contributed by atoms with E-state index in [0.717, 1.165) is 25.7 Å². The smallest absolute Gasteiger partial charge is 0.326 e. The third-order valence-electron chi connectivity index (χ3n) is 5.97. The van der Waals surface area contributed by atoms with Crippen LogP contribution in [0.25, 0.3) is 0 Å². The van der Waals surface area contributed by atoms with Crippen molar-refractivity contribution in [2.45, 2.75) is 142 Å². The molecule has 172 valence electrons. The number of unbranched alkanes of at least 4 members (excludes halogenated alkanes) is 15. The van der Waals surface area contributed by atoms with Crippen molar-refractivity contribution >= 4 is 11.9 Å². The van der Waals surface area contributed by atoms with E-state index in [-0.39, 0.29) is 5.91 Å². The molecule has 0 spiro atoms. The van der Waals surface area contributed by atoms with Crippen LogP contribution in [0.1, 0.15) is 136 Å². The second-order valence-corrected chi connectivity index (χ2v) is 8.70. The van der Waals surface area contributed by atoms with E-state index in [0.29, 0.717) is 12.8 Å². The lowest BCUT2D eigenvalue weighted by molar-refractivity contribution is -0.149. The summed E-state index contributed by atoms with van der Waals surface area (Å²) in [7, 11) is 1.64. The van der Waals surface area contributed by atoms with Gasteiger partial charge in [0.1, 0.15) is 6.04 Å². The summed E-state index contributed by atoms with van der Waals surface area (Å²) in [6.45, 7) is 4.31. The minimum absolute atomic E-state index is 0.0248. The molecular formula is C25H49NO3. The first kappa shape index (κ1) is 27.9. The molecule has 0 aliphatic heterocycles. The lowest BCUT2D eigenvalue weighted by atomic mass is 10.0. The molecule has 0 heterocycles.